The third-order valence-corrected chi connectivity index (χ3v) is 4.87. The third kappa shape index (κ3) is 5.09. The SMILES string of the molecule is COc1c(Cl)cc(/C=N\NC(=O)c2cccn(Cc3cccc(C)c3)c2=O)cc1Cl. The Morgan fingerprint density at radius 1 is 1.17 bits per heavy atom. The lowest BCUT2D eigenvalue weighted by atomic mass is 10.1. The summed E-state index contributed by atoms with van der Waals surface area (Å²) in [6.45, 7) is 2.35. The smallest absolute Gasteiger partial charge is 0.276 e. The summed E-state index contributed by atoms with van der Waals surface area (Å²) < 4.78 is 6.57. The number of aromatic nitrogens is 1. The van der Waals surface area contributed by atoms with Gasteiger partial charge >= 0.3 is 0 Å². The predicted octanol–water partition coefficient (Wildman–Crippen LogP) is 4.28. The number of aryl methyl sites for hydroxylation is 1. The summed E-state index contributed by atoms with van der Waals surface area (Å²) in [5.41, 5.74) is 4.59. The van der Waals surface area contributed by atoms with Crippen LogP contribution in [0.2, 0.25) is 10.0 Å². The van der Waals surface area contributed by atoms with Crippen LogP contribution >= 0.6 is 23.2 Å². The van der Waals surface area contributed by atoms with E-state index in [-0.39, 0.29) is 5.56 Å². The van der Waals surface area contributed by atoms with Crippen molar-refractivity contribution in [3.63, 3.8) is 0 Å². The van der Waals surface area contributed by atoms with Crippen molar-refractivity contribution in [1.29, 1.82) is 0 Å². The summed E-state index contributed by atoms with van der Waals surface area (Å²) in [4.78, 5) is 25.1. The number of halogens is 2. The van der Waals surface area contributed by atoms with Gasteiger partial charge in [-0.05, 0) is 42.3 Å². The van der Waals surface area contributed by atoms with Gasteiger partial charge in [0.25, 0.3) is 11.5 Å². The van der Waals surface area contributed by atoms with E-state index < -0.39 is 11.5 Å². The monoisotopic (exact) mass is 443 g/mol. The Morgan fingerprint density at radius 2 is 1.90 bits per heavy atom. The Balaban J connectivity index is 1.74. The molecule has 0 aliphatic rings. The van der Waals surface area contributed by atoms with E-state index in [1.54, 1.807) is 24.4 Å². The second-order valence-electron chi connectivity index (χ2n) is 6.56. The zero-order chi connectivity index (χ0) is 21.7. The molecule has 3 aromatic rings. The molecule has 0 unspecified atom stereocenters. The van der Waals surface area contributed by atoms with Crippen LogP contribution in [-0.4, -0.2) is 23.8 Å². The number of pyridine rings is 1. The highest BCUT2D eigenvalue weighted by Gasteiger charge is 2.12. The fourth-order valence-corrected chi connectivity index (χ4v) is 3.57. The van der Waals surface area contributed by atoms with E-state index in [0.717, 1.165) is 11.1 Å². The molecule has 0 saturated carbocycles. The van der Waals surface area contributed by atoms with Crippen molar-refractivity contribution < 1.29 is 9.53 Å². The van der Waals surface area contributed by atoms with Gasteiger partial charge in [-0.3, -0.25) is 9.59 Å². The minimum absolute atomic E-state index is 0.00639. The summed E-state index contributed by atoms with van der Waals surface area (Å²) in [6.07, 6.45) is 3.02. The van der Waals surface area contributed by atoms with Gasteiger partial charge in [0.05, 0.1) is 29.9 Å². The molecule has 0 saturated heterocycles. The van der Waals surface area contributed by atoms with Gasteiger partial charge in [-0.15, -0.1) is 0 Å². The number of ether oxygens (including phenoxy) is 1. The molecule has 154 valence electrons. The highest BCUT2D eigenvalue weighted by atomic mass is 35.5. The van der Waals surface area contributed by atoms with E-state index >= 15 is 0 Å². The van der Waals surface area contributed by atoms with Crippen LogP contribution < -0.4 is 15.7 Å². The van der Waals surface area contributed by atoms with Gasteiger partial charge in [0.1, 0.15) is 5.56 Å². The van der Waals surface area contributed by atoms with Crippen LogP contribution in [0.1, 0.15) is 27.0 Å². The molecule has 0 aliphatic heterocycles. The van der Waals surface area contributed by atoms with Gasteiger partial charge < -0.3 is 9.30 Å². The van der Waals surface area contributed by atoms with Crippen LogP contribution in [0.5, 0.6) is 5.75 Å². The van der Waals surface area contributed by atoms with Gasteiger partial charge in [-0.1, -0.05) is 53.0 Å². The molecule has 6 nitrogen and oxygen atoms in total. The maximum absolute atomic E-state index is 12.7. The molecule has 0 bridgehead atoms. The number of carbonyl (C=O) groups is 1. The average molecular weight is 444 g/mol. The summed E-state index contributed by atoms with van der Waals surface area (Å²) in [6, 6.07) is 14.1. The predicted molar refractivity (Wildman–Crippen MR) is 119 cm³/mol. The van der Waals surface area contributed by atoms with Gasteiger partial charge in [0, 0.05) is 6.20 Å². The van der Waals surface area contributed by atoms with Crippen molar-refractivity contribution in [3.05, 3.63) is 97.4 Å². The molecule has 1 aromatic heterocycles. The molecular formula is C22H19Cl2N3O3. The van der Waals surface area contributed by atoms with E-state index in [0.29, 0.717) is 27.9 Å². The summed E-state index contributed by atoms with van der Waals surface area (Å²) in [5, 5.41) is 4.53. The molecule has 0 atom stereocenters. The normalized spacial score (nSPS) is 10.9. The zero-order valence-corrected chi connectivity index (χ0v) is 17.9. The van der Waals surface area contributed by atoms with E-state index in [1.807, 2.05) is 31.2 Å². The lowest BCUT2D eigenvalue weighted by Crippen LogP contribution is -2.30. The lowest BCUT2D eigenvalue weighted by molar-refractivity contribution is 0.0953. The Labute approximate surface area is 183 Å². The van der Waals surface area contributed by atoms with Crippen LogP contribution in [0.25, 0.3) is 0 Å². The number of rotatable bonds is 6. The standard InChI is InChI=1S/C22H19Cl2N3O3/c1-14-5-3-6-15(9-14)13-27-8-4-7-17(22(27)29)21(28)26-25-12-16-10-18(23)20(30-2)19(24)11-16/h3-12H,13H2,1-2H3,(H,26,28)/b25-12-. The van der Waals surface area contributed by atoms with Crippen LogP contribution in [0.4, 0.5) is 0 Å². The minimum atomic E-state index is -0.611. The molecule has 30 heavy (non-hydrogen) atoms. The second-order valence-corrected chi connectivity index (χ2v) is 7.38. The van der Waals surface area contributed by atoms with Crippen LogP contribution in [-0.2, 0) is 6.54 Å². The zero-order valence-electron chi connectivity index (χ0n) is 16.4. The van der Waals surface area contributed by atoms with E-state index in [2.05, 4.69) is 10.5 Å². The number of benzene rings is 2. The molecule has 3 rings (SSSR count). The molecular weight excluding hydrogens is 425 g/mol. The van der Waals surface area contributed by atoms with Gasteiger partial charge in [-0.2, -0.15) is 5.10 Å². The first-order chi connectivity index (χ1) is 14.4. The first kappa shape index (κ1) is 21.6. The second kappa shape index (κ2) is 9.61. The molecule has 0 radical (unpaired) electrons. The van der Waals surface area contributed by atoms with E-state index in [1.165, 1.54) is 24.0 Å². The van der Waals surface area contributed by atoms with Crippen molar-refractivity contribution in [2.45, 2.75) is 13.5 Å². The average Bonchev–Trinajstić information content (AvgIpc) is 2.69. The van der Waals surface area contributed by atoms with Crippen molar-refractivity contribution in [3.8, 4) is 5.75 Å². The largest absolute Gasteiger partial charge is 0.494 e. The fourth-order valence-electron chi connectivity index (χ4n) is 2.92. The summed E-state index contributed by atoms with van der Waals surface area (Å²) >= 11 is 12.2. The van der Waals surface area contributed by atoms with Gasteiger partial charge in [0.15, 0.2) is 5.75 Å². The van der Waals surface area contributed by atoms with Crippen LogP contribution in [0.15, 0.2) is 64.6 Å². The number of hydrogen-bond donors (Lipinski definition) is 1. The number of nitrogens with zero attached hydrogens (tertiary/aromatic N) is 2. The lowest BCUT2D eigenvalue weighted by Gasteiger charge is -2.08. The Hall–Kier alpha value is -3.09. The van der Waals surface area contributed by atoms with Crippen LogP contribution in [0.3, 0.4) is 0 Å². The van der Waals surface area contributed by atoms with Crippen molar-refractivity contribution >= 4 is 35.3 Å². The number of hydrazone groups is 1. The van der Waals surface area contributed by atoms with Crippen molar-refractivity contribution in [2.24, 2.45) is 5.10 Å². The van der Waals surface area contributed by atoms with Crippen molar-refractivity contribution in [2.75, 3.05) is 7.11 Å². The molecule has 8 heteroatoms. The third-order valence-electron chi connectivity index (χ3n) is 4.30. The van der Waals surface area contributed by atoms with E-state index in [4.69, 9.17) is 27.9 Å². The molecule has 0 aliphatic carbocycles. The van der Waals surface area contributed by atoms with E-state index in [9.17, 15) is 9.59 Å². The van der Waals surface area contributed by atoms with Gasteiger partial charge in [-0.25, -0.2) is 5.43 Å². The van der Waals surface area contributed by atoms with Crippen molar-refractivity contribution in [1.82, 2.24) is 9.99 Å². The maximum Gasteiger partial charge on any atom is 0.276 e. The number of amides is 1. The molecule has 1 amide bonds. The Bertz CT molecular complexity index is 1150. The maximum atomic E-state index is 12.7. The number of hydrogen-bond acceptors (Lipinski definition) is 4. The topological polar surface area (TPSA) is 72.7 Å². The molecule has 1 heterocycles. The Kier molecular flexibility index (Phi) is 6.92. The highest BCUT2D eigenvalue weighted by Crippen LogP contribution is 2.33. The molecule has 0 spiro atoms. The number of nitrogens with one attached hydrogen (secondary N) is 1. The quantitative estimate of drug-likeness (QED) is 0.456. The molecule has 1 N–H and O–H groups in total. The Morgan fingerprint density at radius 3 is 2.57 bits per heavy atom. The summed E-state index contributed by atoms with van der Waals surface area (Å²) in [7, 11) is 1.46. The van der Waals surface area contributed by atoms with Crippen LogP contribution in [0, 0.1) is 6.92 Å². The van der Waals surface area contributed by atoms with Gasteiger partial charge in [0.2, 0.25) is 0 Å². The number of methoxy groups -OCH3 is 1. The highest BCUT2D eigenvalue weighted by molar-refractivity contribution is 6.37. The molecule has 0 fully saturated rings. The fraction of sp³-hybridized carbons (Fsp3) is 0.136. The first-order valence-electron chi connectivity index (χ1n) is 9.00. The molecule has 2 aromatic carbocycles. The summed E-state index contributed by atoms with van der Waals surface area (Å²) in [5.74, 6) is -0.251. The first-order valence-corrected chi connectivity index (χ1v) is 9.76. The minimum Gasteiger partial charge on any atom is -0.494 e. The number of carbonyl (C=O) groups excluding carboxylic acids is 1.